The van der Waals surface area contributed by atoms with E-state index in [0.29, 0.717) is 68.7 Å². The van der Waals surface area contributed by atoms with Crippen LogP contribution in [0.5, 0.6) is 11.5 Å². The second-order valence-electron chi connectivity index (χ2n) is 8.66. The summed E-state index contributed by atoms with van der Waals surface area (Å²) in [5.74, 6) is 1.04. The molecule has 0 radical (unpaired) electrons. The van der Waals surface area contributed by atoms with Gasteiger partial charge in [-0.25, -0.2) is 0 Å². The molecular weight excluding hydrogens is 472 g/mol. The number of para-hydroxylation sites is 1. The highest BCUT2D eigenvalue weighted by Crippen LogP contribution is 2.28. The topological polar surface area (TPSA) is 120 Å². The fraction of sp³-hybridized carbons (Fsp3) is 0.357. The SMILES string of the molecule is COCCOc1ccc(C=CC=CC(=O)C(N)CN2CCN(C(=O)c3ccccc3N)CC2)cc1OC. The maximum atomic E-state index is 12.7. The summed E-state index contributed by atoms with van der Waals surface area (Å²) < 4.78 is 16.0. The number of carbonyl (C=O) groups excluding carboxylic acids is 2. The van der Waals surface area contributed by atoms with Gasteiger partial charge in [0.2, 0.25) is 0 Å². The lowest BCUT2D eigenvalue weighted by molar-refractivity contribution is -0.116. The van der Waals surface area contributed by atoms with Crippen molar-refractivity contribution in [3.8, 4) is 11.5 Å². The minimum Gasteiger partial charge on any atom is -0.493 e. The molecule has 9 heteroatoms. The Labute approximate surface area is 218 Å². The molecule has 198 valence electrons. The monoisotopic (exact) mass is 508 g/mol. The first-order valence-electron chi connectivity index (χ1n) is 12.2. The molecule has 2 aromatic carbocycles. The fourth-order valence-electron chi connectivity index (χ4n) is 3.95. The summed E-state index contributed by atoms with van der Waals surface area (Å²) in [4.78, 5) is 29.1. The lowest BCUT2D eigenvalue weighted by Gasteiger charge is -2.35. The minimum absolute atomic E-state index is 0.0706. The number of benzene rings is 2. The summed E-state index contributed by atoms with van der Waals surface area (Å²) in [6, 6.07) is 12.0. The van der Waals surface area contributed by atoms with Gasteiger partial charge in [0, 0.05) is 45.5 Å². The first-order chi connectivity index (χ1) is 17.9. The summed E-state index contributed by atoms with van der Waals surface area (Å²) in [6.45, 7) is 3.78. The highest BCUT2D eigenvalue weighted by atomic mass is 16.5. The third-order valence-corrected chi connectivity index (χ3v) is 6.06. The van der Waals surface area contributed by atoms with Gasteiger partial charge >= 0.3 is 0 Å². The molecule has 1 fully saturated rings. The molecule has 0 spiro atoms. The zero-order chi connectivity index (χ0) is 26.6. The highest BCUT2D eigenvalue weighted by molar-refractivity contribution is 5.99. The number of hydrogen-bond acceptors (Lipinski definition) is 8. The van der Waals surface area contributed by atoms with Gasteiger partial charge in [0.1, 0.15) is 6.61 Å². The Kier molecular flexibility index (Phi) is 10.7. The van der Waals surface area contributed by atoms with Crippen LogP contribution < -0.4 is 20.9 Å². The number of methoxy groups -OCH3 is 2. The van der Waals surface area contributed by atoms with Crippen molar-refractivity contribution >= 4 is 23.5 Å². The van der Waals surface area contributed by atoms with E-state index in [4.69, 9.17) is 25.7 Å². The summed E-state index contributed by atoms with van der Waals surface area (Å²) in [7, 11) is 3.21. The molecule has 0 bridgehead atoms. The molecule has 0 saturated carbocycles. The number of anilines is 1. The Morgan fingerprint density at radius 1 is 1.00 bits per heavy atom. The van der Waals surface area contributed by atoms with Crippen LogP contribution in [0, 0.1) is 0 Å². The molecule has 1 heterocycles. The van der Waals surface area contributed by atoms with Gasteiger partial charge < -0.3 is 30.6 Å². The van der Waals surface area contributed by atoms with E-state index in [1.165, 1.54) is 6.08 Å². The van der Waals surface area contributed by atoms with Crippen molar-refractivity contribution in [1.29, 1.82) is 0 Å². The van der Waals surface area contributed by atoms with Crippen LogP contribution in [0.4, 0.5) is 5.69 Å². The van der Waals surface area contributed by atoms with Gasteiger partial charge in [-0.1, -0.05) is 36.4 Å². The van der Waals surface area contributed by atoms with Crippen molar-refractivity contribution in [2.24, 2.45) is 5.73 Å². The standard InChI is InChI=1S/C28H36N4O5/c1-35-17-18-37-26-12-11-21(19-27(26)36-2)7-3-6-10-25(33)24(30)20-31-13-15-32(16-14-31)28(34)22-8-4-5-9-23(22)29/h3-12,19,24H,13-18,20,29-30H2,1-2H3. The smallest absolute Gasteiger partial charge is 0.256 e. The van der Waals surface area contributed by atoms with E-state index < -0.39 is 6.04 Å². The predicted molar refractivity (Wildman–Crippen MR) is 145 cm³/mol. The molecule has 1 aliphatic heterocycles. The van der Waals surface area contributed by atoms with Crippen LogP contribution in [-0.2, 0) is 9.53 Å². The number of nitrogen functional groups attached to an aromatic ring is 1. The van der Waals surface area contributed by atoms with Gasteiger partial charge in [0.05, 0.1) is 25.3 Å². The van der Waals surface area contributed by atoms with Crippen LogP contribution in [0.2, 0.25) is 0 Å². The molecule has 1 saturated heterocycles. The maximum absolute atomic E-state index is 12.7. The van der Waals surface area contributed by atoms with E-state index in [1.807, 2.05) is 30.3 Å². The molecule has 0 aliphatic carbocycles. The van der Waals surface area contributed by atoms with Crippen molar-refractivity contribution in [3.05, 3.63) is 71.8 Å². The average molecular weight is 509 g/mol. The summed E-state index contributed by atoms with van der Waals surface area (Å²) >= 11 is 0. The van der Waals surface area contributed by atoms with E-state index >= 15 is 0 Å². The van der Waals surface area contributed by atoms with Gasteiger partial charge in [-0.15, -0.1) is 0 Å². The average Bonchev–Trinajstić information content (AvgIpc) is 2.92. The van der Waals surface area contributed by atoms with E-state index in [1.54, 1.807) is 49.5 Å². The molecule has 37 heavy (non-hydrogen) atoms. The van der Waals surface area contributed by atoms with Crippen LogP contribution in [0.25, 0.3) is 6.08 Å². The zero-order valence-electron chi connectivity index (χ0n) is 21.5. The lowest BCUT2D eigenvalue weighted by Crippen LogP contribution is -2.52. The molecule has 9 nitrogen and oxygen atoms in total. The van der Waals surface area contributed by atoms with Crippen molar-refractivity contribution in [2.75, 3.05) is 65.9 Å². The molecule has 3 rings (SSSR count). The molecular formula is C28H36N4O5. The predicted octanol–water partition coefficient (Wildman–Crippen LogP) is 2.23. The van der Waals surface area contributed by atoms with Crippen LogP contribution in [0.1, 0.15) is 15.9 Å². The van der Waals surface area contributed by atoms with Crippen LogP contribution in [0.15, 0.2) is 60.7 Å². The van der Waals surface area contributed by atoms with Crippen LogP contribution in [-0.4, -0.2) is 87.7 Å². The largest absolute Gasteiger partial charge is 0.493 e. The number of ether oxygens (including phenoxy) is 3. The summed E-state index contributed by atoms with van der Waals surface area (Å²) in [5, 5.41) is 0. The van der Waals surface area contributed by atoms with Crippen molar-refractivity contribution in [1.82, 2.24) is 9.80 Å². The van der Waals surface area contributed by atoms with E-state index in [0.717, 1.165) is 5.56 Å². The Morgan fingerprint density at radius 3 is 2.46 bits per heavy atom. The Hall–Kier alpha value is -3.66. The van der Waals surface area contributed by atoms with E-state index in [-0.39, 0.29) is 11.7 Å². The van der Waals surface area contributed by atoms with Gasteiger partial charge in [-0.3, -0.25) is 14.5 Å². The number of nitrogens with two attached hydrogens (primary N) is 2. The molecule has 1 aliphatic rings. The number of nitrogens with zero attached hydrogens (tertiary/aromatic N) is 2. The summed E-state index contributed by atoms with van der Waals surface area (Å²) in [6.07, 6.45) is 6.81. The normalized spacial score (nSPS) is 15.3. The third-order valence-electron chi connectivity index (χ3n) is 6.06. The number of amides is 1. The number of ketones is 1. The van der Waals surface area contributed by atoms with Crippen molar-refractivity contribution < 1.29 is 23.8 Å². The molecule has 1 unspecified atom stereocenters. The second kappa shape index (κ2) is 14.2. The maximum Gasteiger partial charge on any atom is 0.256 e. The molecule has 1 amide bonds. The first kappa shape index (κ1) is 27.9. The lowest BCUT2D eigenvalue weighted by atomic mass is 10.1. The quantitative estimate of drug-likeness (QED) is 0.194. The highest BCUT2D eigenvalue weighted by Gasteiger charge is 2.25. The van der Waals surface area contributed by atoms with Crippen LogP contribution in [0.3, 0.4) is 0 Å². The van der Waals surface area contributed by atoms with Crippen molar-refractivity contribution in [2.45, 2.75) is 6.04 Å². The molecule has 4 N–H and O–H groups in total. The number of hydrogen-bond donors (Lipinski definition) is 2. The Bertz CT molecular complexity index is 1110. The van der Waals surface area contributed by atoms with Gasteiger partial charge in [0.15, 0.2) is 17.3 Å². The van der Waals surface area contributed by atoms with E-state index in [9.17, 15) is 9.59 Å². The van der Waals surface area contributed by atoms with Crippen LogP contribution >= 0.6 is 0 Å². The van der Waals surface area contributed by atoms with E-state index in [2.05, 4.69) is 4.90 Å². The van der Waals surface area contributed by atoms with Crippen molar-refractivity contribution in [3.63, 3.8) is 0 Å². The molecule has 0 aromatic heterocycles. The Balaban J connectivity index is 1.45. The molecule has 1 atom stereocenters. The number of carbonyl (C=O) groups is 2. The number of rotatable bonds is 12. The third kappa shape index (κ3) is 8.18. The molecule has 2 aromatic rings. The van der Waals surface area contributed by atoms with Gasteiger partial charge in [-0.2, -0.15) is 0 Å². The zero-order valence-corrected chi connectivity index (χ0v) is 21.5. The minimum atomic E-state index is -0.639. The second-order valence-corrected chi connectivity index (χ2v) is 8.66. The number of piperazine rings is 1. The van der Waals surface area contributed by atoms with Gasteiger partial charge in [0.25, 0.3) is 5.91 Å². The number of allylic oxidation sites excluding steroid dienone is 2. The van der Waals surface area contributed by atoms with Gasteiger partial charge in [-0.05, 0) is 35.9 Å². The summed E-state index contributed by atoms with van der Waals surface area (Å²) in [5.41, 5.74) is 14.0. The fourth-order valence-corrected chi connectivity index (χ4v) is 3.95. The Morgan fingerprint density at radius 2 is 1.76 bits per heavy atom. The first-order valence-corrected chi connectivity index (χ1v) is 12.2.